The van der Waals surface area contributed by atoms with Gasteiger partial charge in [-0.05, 0) is 42.5 Å². The van der Waals surface area contributed by atoms with Gasteiger partial charge in [0, 0.05) is 30.2 Å². The Labute approximate surface area is 207 Å². The van der Waals surface area contributed by atoms with Gasteiger partial charge in [0.1, 0.15) is 12.7 Å². The van der Waals surface area contributed by atoms with E-state index in [1.807, 2.05) is 0 Å². The van der Waals surface area contributed by atoms with Crippen LogP contribution in [0.5, 0.6) is 0 Å². The number of halogens is 4. The van der Waals surface area contributed by atoms with Crippen molar-refractivity contribution < 1.29 is 22.7 Å². The number of morpholine rings is 1. The summed E-state index contributed by atoms with van der Waals surface area (Å²) >= 11 is 5.62. The van der Waals surface area contributed by atoms with Crippen LogP contribution in [-0.4, -0.2) is 51.9 Å². The van der Waals surface area contributed by atoms with Gasteiger partial charge in [-0.25, -0.2) is 19.7 Å². The fourth-order valence-electron chi connectivity index (χ4n) is 3.84. The third-order valence-corrected chi connectivity index (χ3v) is 5.89. The van der Waals surface area contributed by atoms with Crippen molar-refractivity contribution in [2.75, 3.05) is 41.8 Å². The van der Waals surface area contributed by atoms with Crippen molar-refractivity contribution in [1.29, 1.82) is 0 Å². The van der Waals surface area contributed by atoms with Crippen LogP contribution in [0.25, 0.3) is 16.9 Å². The monoisotopic (exact) mass is 517 g/mol. The smallest absolute Gasteiger partial charge is 0.378 e. The molecule has 0 atom stereocenters. The molecule has 1 aliphatic rings. The second-order valence-corrected chi connectivity index (χ2v) is 8.31. The van der Waals surface area contributed by atoms with Crippen LogP contribution in [-0.2, 0) is 10.9 Å². The lowest BCUT2D eigenvalue weighted by atomic mass is 10.2. The van der Waals surface area contributed by atoms with Crippen LogP contribution in [0.3, 0.4) is 0 Å². The summed E-state index contributed by atoms with van der Waals surface area (Å²) in [7, 11) is 0. The standard InChI is InChI=1S/C23H19ClF3N7O2/c24-18-6-3-15(11-17(18)23(25,26)27)32-22(35)31-14-1-4-16(5-2-14)34-13-30-19-20(28-12-29-21(19)34)33-7-9-36-10-8-33/h1-6,11-13H,7-10H2,(H2,31,32,35). The minimum absolute atomic E-state index is 0.0403. The van der Waals surface area contributed by atoms with E-state index in [0.717, 1.165) is 36.7 Å². The van der Waals surface area contributed by atoms with E-state index in [1.165, 1.54) is 12.4 Å². The number of rotatable bonds is 4. The number of carbonyl (C=O) groups excluding carboxylic acids is 1. The summed E-state index contributed by atoms with van der Waals surface area (Å²) < 4.78 is 46.4. The molecule has 36 heavy (non-hydrogen) atoms. The molecule has 2 aromatic carbocycles. The first kappa shape index (κ1) is 23.8. The zero-order valence-corrected chi connectivity index (χ0v) is 19.3. The lowest BCUT2D eigenvalue weighted by Crippen LogP contribution is -2.36. The van der Waals surface area contributed by atoms with Crippen LogP contribution in [0.15, 0.2) is 55.1 Å². The lowest BCUT2D eigenvalue weighted by Gasteiger charge is -2.27. The Balaban J connectivity index is 1.30. The number of aromatic nitrogens is 4. The lowest BCUT2D eigenvalue weighted by molar-refractivity contribution is -0.137. The molecule has 186 valence electrons. The maximum atomic E-state index is 13.0. The third-order valence-electron chi connectivity index (χ3n) is 5.56. The molecule has 5 rings (SSSR count). The average Bonchev–Trinajstić information content (AvgIpc) is 3.30. The molecule has 0 aliphatic carbocycles. The van der Waals surface area contributed by atoms with E-state index < -0.39 is 22.8 Å². The largest absolute Gasteiger partial charge is 0.417 e. The highest BCUT2D eigenvalue weighted by Crippen LogP contribution is 2.36. The molecule has 3 heterocycles. The summed E-state index contributed by atoms with van der Waals surface area (Å²) in [6.07, 6.45) is -1.49. The number of benzene rings is 2. The Kier molecular flexibility index (Phi) is 6.37. The first-order valence-corrected chi connectivity index (χ1v) is 11.2. The van der Waals surface area contributed by atoms with E-state index in [-0.39, 0.29) is 5.69 Å². The number of nitrogens with zero attached hydrogens (tertiary/aromatic N) is 5. The van der Waals surface area contributed by atoms with Crippen LogP contribution >= 0.6 is 11.6 Å². The molecule has 2 amide bonds. The fraction of sp³-hybridized carbons (Fsp3) is 0.217. The number of anilines is 3. The van der Waals surface area contributed by atoms with Gasteiger partial charge in [0.2, 0.25) is 0 Å². The molecular weight excluding hydrogens is 499 g/mol. The minimum Gasteiger partial charge on any atom is -0.378 e. The second kappa shape index (κ2) is 9.63. The van der Waals surface area contributed by atoms with Gasteiger partial charge in [-0.2, -0.15) is 13.2 Å². The number of carbonyl (C=O) groups is 1. The summed E-state index contributed by atoms with van der Waals surface area (Å²) in [5.41, 5.74) is 1.42. The van der Waals surface area contributed by atoms with Crippen molar-refractivity contribution in [1.82, 2.24) is 19.5 Å². The summed E-state index contributed by atoms with van der Waals surface area (Å²) in [5.74, 6) is 0.743. The Morgan fingerprint density at radius 1 is 0.972 bits per heavy atom. The van der Waals surface area contributed by atoms with Crippen LogP contribution < -0.4 is 15.5 Å². The van der Waals surface area contributed by atoms with Crippen molar-refractivity contribution >= 4 is 46.0 Å². The van der Waals surface area contributed by atoms with Crippen LogP contribution in [0.2, 0.25) is 5.02 Å². The fourth-order valence-corrected chi connectivity index (χ4v) is 4.06. The Hall–Kier alpha value is -3.90. The third kappa shape index (κ3) is 4.90. The van der Waals surface area contributed by atoms with Gasteiger partial charge in [0.15, 0.2) is 17.0 Å². The van der Waals surface area contributed by atoms with E-state index in [9.17, 15) is 18.0 Å². The van der Waals surface area contributed by atoms with Gasteiger partial charge in [-0.15, -0.1) is 0 Å². The number of hydrogen-bond donors (Lipinski definition) is 2. The average molecular weight is 518 g/mol. The van der Waals surface area contributed by atoms with Crippen LogP contribution in [0, 0.1) is 0 Å². The molecule has 9 nitrogen and oxygen atoms in total. The number of hydrogen-bond acceptors (Lipinski definition) is 6. The van der Waals surface area contributed by atoms with Crippen LogP contribution in [0.1, 0.15) is 5.56 Å². The maximum Gasteiger partial charge on any atom is 0.417 e. The summed E-state index contributed by atoms with van der Waals surface area (Å²) in [5, 5.41) is 4.53. The van der Waals surface area contributed by atoms with Gasteiger partial charge in [-0.1, -0.05) is 11.6 Å². The quantitative estimate of drug-likeness (QED) is 0.397. The van der Waals surface area contributed by atoms with Gasteiger partial charge >= 0.3 is 12.2 Å². The van der Waals surface area contributed by atoms with E-state index in [2.05, 4.69) is 30.5 Å². The molecule has 13 heteroatoms. The molecular formula is C23H19ClF3N7O2. The SMILES string of the molecule is O=C(Nc1ccc(-n2cnc3c(N4CCOCC4)ncnc32)cc1)Nc1ccc(Cl)c(C(F)(F)F)c1. The topological polar surface area (TPSA) is 97.2 Å². The molecule has 0 unspecified atom stereocenters. The number of fused-ring (bicyclic) bond motifs is 1. The number of urea groups is 1. The van der Waals surface area contributed by atoms with Crippen molar-refractivity contribution in [3.05, 3.63) is 65.7 Å². The Morgan fingerprint density at radius 3 is 2.39 bits per heavy atom. The minimum atomic E-state index is -4.63. The van der Waals surface area contributed by atoms with E-state index in [0.29, 0.717) is 30.1 Å². The van der Waals surface area contributed by atoms with Gasteiger partial charge in [-0.3, -0.25) is 4.57 Å². The van der Waals surface area contributed by atoms with Gasteiger partial charge in [0.25, 0.3) is 0 Å². The highest BCUT2D eigenvalue weighted by molar-refractivity contribution is 6.31. The van der Waals surface area contributed by atoms with Crippen molar-refractivity contribution in [2.24, 2.45) is 0 Å². The zero-order valence-electron chi connectivity index (χ0n) is 18.6. The molecule has 0 saturated carbocycles. The normalized spacial score (nSPS) is 14.2. The van der Waals surface area contributed by atoms with Gasteiger partial charge in [0.05, 0.1) is 23.8 Å². The summed E-state index contributed by atoms with van der Waals surface area (Å²) in [6.45, 7) is 2.68. The van der Waals surface area contributed by atoms with E-state index >= 15 is 0 Å². The van der Waals surface area contributed by atoms with Gasteiger partial charge < -0.3 is 20.3 Å². The molecule has 1 fully saturated rings. The molecule has 2 N–H and O–H groups in total. The summed E-state index contributed by atoms with van der Waals surface area (Å²) in [6, 6.07) is 9.29. The first-order chi connectivity index (χ1) is 17.3. The zero-order chi connectivity index (χ0) is 25.3. The first-order valence-electron chi connectivity index (χ1n) is 10.9. The van der Waals surface area contributed by atoms with E-state index in [1.54, 1.807) is 35.2 Å². The molecule has 1 aliphatic heterocycles. The predicted molar refractivity (Wildman–Crippen MR) is 129 cm³/mol. The predicted octanol–water partition coefficient (Wildman–Crippen LogP) is 4.97. The molecule has 1 saturated heterocycles. The van der Waals surface area contributed by atoms with Crippen molar-refractivity contribution in [2.45, 2.75) is 6.18 Å². The number of ether oxygens (including phenoxy) is 1. The number of nitrogens with one attached hydrogen (secondary N) is 2. The molecule has 0 spiro atoms. The number of imidazole rings is 1. The van der Waals surface area contributed by atoms with Crippen LogP contribution in [0.4, 0.5) is 35.2 Å². The Morgan fingerprint density at radius 2 is 1.67 bits per heavy atom. The number of amides is 2. The summed E-state index contributed by atoms with van der Waals surface area (Å²) in [4.78, 5) is 27.7. The molecule has 4 aromatic rings. The van der Waals surface area contributed by atoms with E-state index in [4.69, 9.17) is 16.3 Å². The maximum absolute atomic E-state index is 13.0. The highest BCUT2D eigenvalue weighted by Gasteiger charge is 2.33. The second-order valence-electron chi connectivity index (χ2n) is 7.90. The molecule has 2 aromatic heterocycles. The number of alkyl halides is 3. The molecule has 0 radical (unpaired) electrons. The highest BCUT2D eigenvalue weighted by atomic mass is 35.5. The Bertz CT molecular complexity index is 1400. The van der Waals surface area contributed by atoms with Crippen molar-refractivity contribution in [3.63, 3.8) is 0 Å². The van der Waals surface area contributed by atoms with Crippen molar-refractivity contribution in [3.8, 4) is 5.69 Å². The molecule has 0 bridgehead atoms.